The van der Waals surface area contributed by atoms with E-state index in [-0.39, 0.29) is 0 Å². The van der Waals surface area contributed by atoms with Gasteiger partial charge in [0.1, 0.15) is 5.75 Å². The fourth-order valence-corrected chi connectivity index (χ4v) is 1.77. The maximum absolute atomic E-state index is 13.4. The number of allylic oxidation sites excluding steroid dienone is 1. The van der Waals surface area contributed by atoms with E-state index in [9.17, 15) is 53.1 Å². The normalized spacial score (nSPS) is 14.6. The van der Waals surface area contributed by atoms with Crippen LogP contribution in [-0.2, 0) is 0 Å². The summed E-state index contributed by atoms with van der Waals surface area (Å²) in [7, 11) is 0. The second kappa shape index (κ2) is 7.29. The lowest BCUT2D eigenvalue weighted by Crippen LogP contribution is -2.61. The van der Waals surface area contributed by atoms with Crippen molar-refractivity contribution in [3.8, 4) is 5.75 Å². The number of halogens is 12. The third kappa shape index (κ3) is 3.95. The third-order valence-corrected chi connectivity index (χ3v) is 3.28. The van der Waals surface area contributed by atoms with E-state index in [0.717, 1.165) is 0 Å². The van der Waals surface area contributed by atoms with Gasteiger partial charge in [-0.25, -0.2) is 4.79 Å². The molecule has 0 saturated carbocycles. The van der Waals surface area contributed by atoms with E-state index in [4.69, 9.17) is 16.7 Å². The van der Waals surface area contributed by atoms with Gasteiger partial charge >= 0.3 is 35.9 Å². The predicted molar refractivity (Wildman–Crippen MR) is 69.2 cm³/mol. The Morgan fingerprint density at radius 3 is 1.82 bits per heavy atom. The van der Waals surface area contributed by atoms with Gasteiger partial charge in [-0.2, -0.15) is 48.3 Å². The van der Waals surface area contributed by atoms with Gasteiger partial charge in [-0.05, 0) is 12.1 Å². The van der Waals surface area contributed by atoms with E-state index in [2.05, 4.69) is 4.74 Å². The van der Waals surface area contributed by atoms with Crippen molar-refractivity contribution in [1.29, 1.82) is 0 Å². The highest BCUT2D eigenvalue weighted by atomic mass is 35.5. The molecule has 28 heavy (non-hydrogen) atoms. The van der Waals surface area contributed by atoms with Crippen molar-refractivity contribution < 1.29 is 62.9 Å². The number of carboxylic acids is 1. The minimum absolute atomic E-state index is 0.387. The predicted octanol–water partition coefficient (Wildman–Crippen LogP) is 5.99. The maximum Gasteiger partial charge on any atom is 0.460 e. The fraction of sp³-hybridized carbons (Fsp3) is 0.308. The largest absolute Gasteiger partial charge is 0.478 e. The first-order chi connectivity index (χ1) is 12.4. The molecule has 0 saturated heterocycles. The van der Waals surface area contributed by atoms with E-state index >= 15 is 0 Å². The molecule has 0 atom stereocenters. The zero-order valence-corrected chi connectivity index (χ0v) is 13.3. The number of rotatable bonds is 6. The van der Waals surface area contributed by atoms with Crippen LogP contribution in [0.3, 0.4) is 0 Å². The van der Waals surface area contributed by atoms with Gasteiger partial charge in [-0.3, -0.25) is 0 Å². The Balaban J connectivity index is 3.32. The molecule has 1 aromatic rings. The molecule has 0 fully saturated rings. The first-order valence-electron chi connectivity index (χ1n) is 6.34. The second-order valence-corrected chi connectivity index (χ2v) is 5.26. The average Bonchev–Trinajstić information content (AvgIpc) is 2.52. The van der Waals surface area contributed by atoms with Gasteiger partial charge in [-0.15, -0.1) is 0 Å². The van der Waals surface area contributed by atoms with Crippen LogP contribution in [0.5, 0.6) is 5.75 Å². The summed E-state index contributed by atoms with van der Waals surface area (Å²) in [6.45, 7) is 0. The Morgan fingerprint density at radius 1 is 0.929 bits per heavy atom. The molecule has 0 heterocycles. The number of carboxylic acid groups (broad SMARTS) is 1. The number of benzene rings is 1. The first kappa shape index (κ1) is 23.8. The molecule has 15 heteroatoms. The van der Waals surface area contributed by atoms with E-state index in [1.54, 1.807) is 0 Å². The third-order valence-electron chi connectivity index (χ3n) is 2.97. The van der Waals surface area contributed by atoms with Crippen molar-refractivity contribution in [2.45, 2.75) is 23.9 Å². The molecule has 0 unspecified atom stereocenters. The summed E-state index contributed by atoms with van der Waals surface area (Å²) in [5, 5.41) is 7.93. The standard InChI is InChI=1S/C13H4ClF11O3/c14-6-3-4(1-2-5(6)9(26)27)28-8(16)7(15)10(17,18)11(19,20)12(21,22)13(23,24)25/h1-3H,(H,26,27). The van der Waals surface area contributed by atoms with E-state index < -0.39 is 58.1 Å². The Morgan fingerprint density at radius 2 is 1.43 bits per heavy atom. The van der Waals surface area contributed by atoms with Crippen LogP contribution < -0.4 is 4.74 Å². The highest BCUT2D eigenvalue weighted by molar-refractivity contribution is 6.33. The summed E-state index contributed by atoms with van der Waals surface area (Å²) in [4.78, 5) is 10.7. The summed E-state index contributed by atoms with van der Waals surface area (Å²) in [5.41, 5.74) is -0.638. The quantitative estimate of drug-likeness (QED) is 0.426. The molecule has 1 aromatic carbocycles. The van der Waals surface area contributed by atoms with Gasteiger partial charge in [0.05, 0.1) is 10.6 Å². The van der Waals surface area contributed by atoms with Crippen LogP contribution in [0.15, 0.2) is 30.0 Å². The molecule has 0 amide bonds. The molecule has 158 valence electrons. The molecular formula is C13H4ClF11O3. The minimum Gasteiger partial charge on any atom is -0.478 e. The van der Waals surface area contributed by atoms with Gasteiger partial charge < -0.3 is 9.84 Å². The van der Waals surface area contributed by atoms with Crippen LogP contribution >= 0.6 is 11.6 Å². The monoisotopic (exact) mass is 452 g/mol. The van der Waals surface area contributed by atoms with Crippen molar-refractivity contribution in [2.75, 3.05) is 0 Å². The molecule has 0 spiro atoms. The van der Waals surface area contributed by atoms with Crippen LogP contribution in [-0.4, -0.2) is 35.0 Å². The zero-order valence-electron chi connectivity index (χ0n) is 12.5. The lowest BCUT2D eigenvalue weighted by molar-refractivity contribution is -0.392. The van der Waals surface area contributed by atoms with Crippen LogP contribution in [0.2, 0.25) is 5.02 Å². The topological polar surface area (TPSA) is 46.5 Å². The number of carbonyl (C=O) groups is 1. The van der Waals surface area contributed by atoms with Gasteiger partial charge in [0, 0.05) is 6.07 Å². The molecule has 0 bridgehead atoms. The Labute approximate surface area is 151 Å². The SMILES string of the molecule is O=C(O)c1ccc(OC(F)=C(F)C(F)(F)C(F)(F)C(F)(F)C(F)(F)F)cc1Cl. The Kier molecular flexibility index (Phi) is 6.20. The maximum atomic E-state index is 13.4. The lowest BCUT2D eigenvalue weighted by atomic mass is 10.0. The minimum atomic E-state index is -7.44. The van der Waals surface area contributed by atoms with Crippen LogP contribution in [0, 0.1) is 0 Å². The van der Waals surface area contributed by atoms with Crippen molar-refractivity contribution >= 4 is 17.6 Å². The van der Waals surface area contributed by atoms with E-state index in [0.29, 0.717) is 18.2 Å². The number of alkyl halides is 9. The van der Waals surface area contributed by atoms with Gasteiger partial charge in [0.15, 0.2) is 0 Å². The first-order valence-corrected chi connectivity index (χ1v) is 6.72. The summed E-state index contributed by atoms with van der Waals surface area (Å²) in [6, 6.07) is -1.85. The van der Waals surface area contributed by atoms with Crippen molar-refractivity contribution in [3.05, 3.63) is 40.6 Å². The van der Waals surface area contributed by atoms with Gasteiger partial charge in [0.25, 0.3) is 0 Å². The summed E-state index contributed by atoms with van der Waals surface area (Å²) < 4.78 is 144. The van der Waals surface area contributed by atoms with Gasteiger partial charge in [-0.1, -0.05) is 11.6 Å². The Bertz CT molecular complexity index is 801. The molecule has 3 nitrogen and oxygen atoms in total. The fourth-order valence-electron chi connectivity index (χ4n) is 1.52. The summed E-state index contributed by atoms with van der Waals surface area (Å²) in [5.74, 6) is -28.6. The molecular weight excluding hydrogens is 449 g/mol. The number of hydrogen-bond donors (Lipinski definition) is 1. The molecule has 1 N–H and O–H groups in total. The molecule has 0 radical (unpaired) electrons. The molecule has 0 aromatic heterocycles. The molecule has 1 rings (SSSR count). The summed E-state index contributed by atoms with van der Waals surface area (Å²) >= 11 is 5.37. The van der Waals surface area contributed by atoms with Crippen LogP contribution in [0.4, 0.5) is 48.3 Å². The molecule has 0 aliphatic heterocycles. The second-order valence-electron chi connectivity index (χ2n) is 4.86. The van der Waals surface area contributed by atoms with E-state index in [1.165, 1.54) is 0 Å². The van der Waals surface area contributed by atoms with Crippen molar-refractivity contribution in [3.63, 3.8) is 0 Å². The van der Waals surface area contributed by atoms with E-state index in [1.807, 2.05) is 0 Å². The number of aromatic carboxylic acids is 1. The van der Waals surface area contributed by atoms with Crippen molar-refractivity contribution in [2.24, 2.45) is 0 Å². The number of ether oxygens (including phenoxy) is 1. The van der Waals surface area contributed by atoms with Crippen molar-refractivity contribution in [1.82, 2.24) is 0 Å². The summed E-state index contributed by atoms with van der Waals surface area (Å²) in [6.07, 6.45) is -7.22. The molecule has 0 aliphatic rings. The molecule has 0 aliphatic carbocycles. The Hall–Kier alpha value is -2.25. The highest BCUT2D eigenvalue weighted by Crippen LogP contribution is 2.55. The number of hydrogen-bond acceptors (Lipinski definition) is 2. The smallest absolute Gasteiger partial charge is 0.460 e. The van der Waals surface area contributed by atoms with Crippen LogP contribution in [0.25, 0.3) is 0 Å². The average molecular weight is 453 g/mol. The highest BCUT2D eigenvalue weighted by Gasteiger charge is 2.83. The van der Waals surface area contributed by atoms with Gasteiger partial charge in [0.2, 0.25) is 5.83 Å². The lowest BCUT2D eigenvalue weighted by Gasteiger charge is -2.32. The zero-order chi connectivity index (χ0) is 22.3. The van der Waals surface area contributed by atoms with Crippen LogP contribution in [0.1, 0.15) is 10.4 Å².